The first-order valence-electron chi connectivity index (χ1n) is 14.8. The molecule has 9 aromatic carbocycles. The number of rotatable bonds is 2. The van der Waals surface area contributed by atoms with Crippen molar-refractivity contribution in [1.82, 2.24) is 0 Å². The lowest BCUT2D eigenvalue weighted by Gasteiger charge is -2.24. The lowest BCUT2D eigenvalue weighted by molar-refractivity contribution is 0.488. The third-order valence-corrected chi connectivity index (χ3v) is 9.35. The number of fused-ring (bicyclic) bond motifs is 4. The van der Waals surface area contributed by atoms with E-state index in [1.54, 1.807) is 0 Å². The van der Waals surface area contributed by atoms with Gasteiger partial charge in [-0.05, 0) is 107 Å². The minimum absolute atomic E-state index is 0.915. The monoisotopic (exact) mass is 544 g/mol. The van der Waals surface area contributed by atoms with Crippen LogP contribution in [0.4, 0.5) is 0 Å². The molecule has 1 heteroatoms. The Morgan fingerprint density at radius 1 is 0.326 bits per heavy atom. The van der Waals surface area contributed by atoms with Crippen LogP contribution in [-0.4, -0.2) is 0 Å². The maximum absolute atomic E-state index is 6.47. The highest BCUT2D eigenvalue weighted by Gasteiger charge is 2.23. The zero-order valence-corrected chi connectivity index (χ0v) is 23.3. The summed E-state index contributed by atoms with van der Waals surface area (Å²) in [4.78, 5) is 0. The Bertz CT molecular complexity index is 2570. The first-order chi connectivity index (χ1) is 21.3. The molecule has 0 bridgehead atoms. The minimum atomic E-state index is 0.915. The lowest BCUT2D eigenvalue weighted by Crippen LogP contribution is -1.98. The maximum Gasteiger partial charge on any atom is 0.135 e. The standard InChI is InChI=1S/C42H24O/c1-2-12-34-25(6-1)18-21-38-42(34)36-24-32(23-31-11-5-13-37(43-38)40(31)36)29-9-4-10-30(22-29)33-19-16-28-15-14-26-7-3-8-27-17-20-35(33)41(28)39(26)27/h1-24H. The van der Waals surface area contributed by atoms with Crippen molar-refractivity contribution < 1.29 is 4.74 Å². The molecule has 0 radical (unpaired) electrons. The molecule has 0 saturated heterocycles. The average molecular weight is 545 g/mol. The SMILES string of the molecule is c1cc(-c2cc3c4c(cccc4c2)Oc2ccc4ccccc4c2-3)cc(-c2ccc3ccc4cccc5ccc2c3c45)c1. The molecule has 0 amide bonds. The summed E-state index contributed by atoms with van der Waals surface area (Å²) in [6.45, 7) is 0. The van der Waals surface area contributed by atoms with Gasteiger partial charge in [-0.15, -0.1) is 0 Å². The Labute approximate surface area is 248 Å². The second kappa shape index (κ2) is 8.44. The fourth-order valence-electron chi connectivity index (χ4n) is 7.43. The van der Waals surface area contributed by atoms with Crippen molar-refractivity contribution in [2.75, 3.05) is 0 Å². The summed E-state index contributed by atoms with van der Waals surface area (Å²) in [7, 11) is 0. The van der Waals surface area contributed by atoms with Crippen LogP contribution in [0.3, 0.4) is 0 Å². The van der Waals surface area contributed by atoms with Crippen LogP contribution in [0.2, 0.25) is 0 Å². The van der Waals surface area contributed by atoms with Crippen molar-refractivity contribution in [3.05, 3.63) is 146 Å². The van der Waals surface area contributed by atoms with Gasteiger partial charge in [0.2, 0.25) is 0 Å². The highest BCUT2D eigenvalue weighted by molar-refractivity contribution is 6.25. The number of benzene rings is 9. The third kappa shape index (κ3) is 3.22. The zero-order chi connectivity index (χ0) is 28.1. The predicted molar refractivity (Wildman–Crippen MR) is 182 cm³/mol. The van der Waals surface area contributed by atoms with E-state index in [1.165, 1.54) is 87.2 Å². The van der Waals surface area contributed by atoms with E-state index in [1.807, 2.05) is 0 Å². The van der Waals surface area contributed by atoms with Crippen LogP contribution in [0.5, 0.6) is 11.5 Å². The van der Waals surface area contributed by atoms with E-state index in [2.05, 4.69) is 146 Å². The molecule has 0 unspecified atom stereocenters. The van der Waals surface area contributed by atoms with Crippen molar-refractivity contribution in [2.24, 2.45) is 0 Å². The van der Waals surface area contributed by atoms with Gasteiger partial charge in [0, 0.05) is 10.9 Å². The highest BCUT2D eigenvalue weighted by atomic mass is 16.5. The molecular formula is C42H24O. The maximum atomic E-state index is 6.47. The zero-order valence-electron chi connectivity index (χ0n) is 23.3. The largest absolute Gasteiger partial charge is 0.456 e. The molecule has 10 rings (SSSR count). The molecular weight excluding hydrogens is 520 g/mol. The smallest absolute Gasteiger partial charge is 0.135 e. The summed E-state index contributed by atoms with van der Waals surface area (Å²) >= 11 is 0. The highest BCUT2D eigenvalue weighted by Crippen LogP contribution is 2.50. The molecule has 9 aromatic rings. The van der Waals surface area contributed by atoms with Crippen LogP contribution >= 0.6 is 0 Å². The van der Waals surface area contributed by atoms with Crippen LogP contribution in [0, 0.1) is 0 Å². The first kappa shape index (κ1) is 23.0. The molecule has 0 aromatic heterocycles. The van der Waals surface area contributed by atoms with Gasteiger partial charge in [0.25, 0.3) is 0 Å². The fraction of sp³-hybridized carbons (Fsp3) is 0. The molecule has 1 aliphatic heterocycles. The molecule has 1 heterocycles. The molecule has 0 aliphatic carbocycles. The Kier molecular flexibility index (Phi) is 4.51. The predicted octanol–water partition coefficient (Wildman–Crippen LogP) is 12.0. The first-order valence-corrected chi connectivity index (χ1v) is 14.8. The van der Waals surface area contributed by atoms with Gasteiger partial charge in [0.05, 0.1) is 0 Å². The summed E-state index contributed by atoms with van der Waals surface area (Å²) in [5.41, 5.74) is 7.31. The van der Waals surface area contributed by atoms with Gasteiger partial charge in [0.15, 0.2) is 0 Å². The summed E-state index contributed by atoms with van der Waals surface area (Å²) in [5.74, 6) is 1.84. The Morgan fingerprint density at radius 2 is 1.02 bits per heavy atom. The average Bonchev–Trinajstić information content (AvgIpc) is 3.07. The van der Waals surface area contributed by atoms with Gasteiger partial charge in [-0.25, -0.2) is 0 Å². The Balaban J connectivity index is 1.21. The van der Waals surface area contributed by atoms with Crippen molar-refractivity contribution in [3.8, 4) is 44.9 Å². The van der Waals surface area contributed by atoms with Crippen molar-refractivity contribution in [1.29, 1.82) is 0 Å². The molecule has 1 nitrogen and oxygen atoms in total. The van der Waals surface area contributed by atoms with E-state index in [4.69, 9.17) is 4.74 Å². The van der Waals surface area contributed by atoms with Crippen molar-refractivity contribution >= 4 is 53.9 Å². The van der Waals surface area contributed by atoms with E-state index in [-0.39, 0.29) is 0 Å². The van der Waals surface area contributed by atoms with E-state index in [0.717, 1.165) is 11.5 Å². The number of ether oxygens (including phenoxy) is 1. The van der Waals surface area contributed by atoms with Crippen LogP contribution in [-0.2, 0) is 0 Å². The van der Waals surface area contributed by atoms with Crippen LogP contribution in [0.15, 0.2) is 146 Å². The molecule has 1 aliphatic rings. The van der Waals surface area contributed by atoms with E-state index < -0.39 is 0 Å². The molecule has 0 N–H and O–H groups in total. The minimum Gasteiger partial charge on any atom is -0.456 e. The lowest BCUT2D eigenvalue weighted by atomic mass is 9.87. The van der Waals surface area contributed by atoms with Crippen LogP contribution in [0.1, 0.15) is 0 Å². The summed E-state index contributed by atoms with van der Waals surface area (Å²) < 4.78 is 6.47. The second-order valence-electron chi connectivity index (χ2n) is 11.7. The second-order valence-corrected chi connectivity index (χ2v) is 11.7. The van der Waals surface area contributed by atoms with Crippen LogP contribution in [0.25, 0.3) is 87.2 Å². The summed E-state index contributed by atoms with van der Waals surface area (Å²) in [6, 6.07) is 53.2. The van der Waals surface area contributed by atoms with Crippen LogP contribution < -0.4 is 4.74 Å². The fourth-order valence-corrected chi connectivity index (χ4v) is 7.43. The number of hydrogen-bond donors (Lipinski definition) is 0. The van der Waals surface area contributed by atoms with Gasteiger partial charge >= 0.3 is 0 Å². The summed E-state index contributed by atoms with van der Waals surface area (Å²) in [6.07, 6.45) is 0. The third-order valence-electron chi connectivity index (χ3n) is 9.35. The summed E-state index contributed by atoms with van der Waals surface area (Å²) in [5, 5.41) is 12.7. The molecule has 0 atom stereocenters. The van der Waals surface area contributed by atoms with E-state index in [0.29, 0.717) is 0 Å². The topological polar surface area (TPSA) is 9.23 Å². The van der Waals surface area contributed by atoms with Crippen molar-refractivity contribution in [2.45, 2.75) is 0 Å². The van der Waals surface area contributed by atoms with E-state index in [9.17, 15) is 0 Å². The molecule has 0 saturated carbocycles. The van der Waals surface area contributed by atoms with Gasteiger partial charge < -0.3 is 4.74 Å². The van der Waals surface area contributed by atoms with Gasteiger partial charge in [0.1, 0.15) is 11.5 Å². The Morgan fingerprint density at radius 3 is 1.95 bits per heavy atom. The molecule has 0 fully saturated rings. The molecule has 43 heavy (non-hydrogen) atoms. The molecule has 198 valence electrons. The number of hydrogen-bond acceptors (Lipinski definition) is 1. The van der Waals surface area contributed by atoms with Crippen molar-refractivity contribution in [3.63, 3.8) is 0 Å². The van der Waals surface area contributed by atoms with Gasteiger partial charge in [-0.3, -0.25) is 0 Å². The normalized spacial score (nSPS) is 12.4. The van der Waals surface area contributed by atoms with Gasteiger partial charge in [-0.2, -0.15) is 0 Å². The quantitative estimate of drug-likeness (QED) is 0.197. The van der Waals surface area contributed by atoms with Gasteiger partial charge in [-0.1, -0.05) is 115 Å². The van der Waals surface area contributed by atoms with E-state index >= 15 is 0 Å². The molecule has 0 spiro atoms. The Hall–Kier alpha value is -5.66.